The largest absolute Gasteiger partial charge is 0.441 e. The quantitative estimate of drug-likeness (QED) is 0.441. The number of benzene rings is 2. The molecule has 164 valence electrons. The number of hydrogen-bond acceptors (Lipinski definition) is 4. The van der Waals surface area contributed by atoms with Crippen LogP contribution in [0.3, 0.4) is 0 Å². The Balaban J connectivity index is 1.36. The maximum absolute atomic E-state index is 13.9. The van der Waals surface area contributed by atoms with Crippen molar-refractivity contribution in [2.75, 3.05) is 0 Å². The van der Waals surface area contributed by atoms with E-state index in [0.717, 1.165) is 16.9 Å². The van der Waals surface area contributed by atoms with E-state index < -0.39 is 0 Å². The molecule has 6 nitrogen and oxygen atoms in total. The van der Waals surface area contributed by atoms with Gasteiger partial charge in [-0.1, -0.05) is 29.8 Å². The Bertz CT molecular complexity index is 1230. The van der Waals surface area contributed by atoms with E-state index in [1.165, 1.54) is 17.8 Å². The Hall–Kier alpha value is -3.74. The van der Waals surface area contributed by atoms with Crippen molar-refractivity contribution in [1.29, 1.82) is 0 Å². The summed E-state index contributed by atoms with van der Waals surface area (Å²) in [4.78, 5) is 16.7. The molecule has 0 fully saturated rings. The van der Waals surface area contributed by atoms with Crippen LogP contribution in [0.1, 0.15) is 42.1 Å². The Morgan fingerprint density at radius 1 is 1.12 bits per heavy atom. The van der Waals surface area contributed by atoms with Gasteiger partial charge in [0.2, 0.25) is 5.91 Å². The Labute approximate surface area is 186 Å². The first-order valence-electron chi connectivity index (χ1n) is 10.5. The fourth-order valence-electron chi connectivity index (χ4n) is 3.62. The van der Waals surface area contributed by atoms with Crippen LogP contribution in [0, 0.1) is 19.7 Å². The summed E-state index contributed by atoms with van der Waals surface area (Å²) in [5, 5.41) is 7.49. The predicted molar refractivity (Wildman–Crippen MR) is 120 cm³/mol. The number of hydrogen-bond donors (Lipinski definition) is 1. The van der Waals surface area contributed by atoms with Crippen molar-refractivity contribution in [2.45, 2.75) is 39.7 Å². The van der Waals surface area contributed by atoms with Crippen LogP contribution in [-0.2, 0) is 11.2 Å². The number of halogens is 1. The van der Waals surface area contributed by atoms with E-state index in [-0.39, 0.29) is 24.2 Å². The lowest BCUT2D eigenvalue weighted by atomic mass is 10.1. The van der Waals surface area contributed by atoms with Crippen LogP contribution in [0.4, 0.5) is 4.39 Å². The Morgan fingerprint density at radius 2 is 1.88 bits per heavy atom. The van der Waals surface area contributed by atoms with Crippen LogP contribution in [-0.4, -0.2) is 20.7 Å². The lowest BCUT2D eigenvalue weighted by Crippen LogP contribution is -2.27. The topological polar surface area (TPSA) is 73.0 Å². The molecule has 2 heterocycles. The second-order valence-electron chi connectivity index (χ2n) is 7.82. The van der Waals surface area contributed by atoms with E-state index in [1.54, 1.807) is 24.4 Å². The molecule has 4 rings (SSSR count). The molecule has 0 saturated heterocycles. The average molecular weight is 432 g/mol. The minimum absolute atomic E-state index is 0.120. The predicted octanol–water partition coefficient (Wildman–Crippen LogP) is 5.09. The highest BCUT2D eigenvalue weighted by molar-refractivity contribution is 5.76. The molecular weight excluding hydrogens is 407 g/mol. The number of aryl methyl sites for hydroxylation is 2. The summed E-state index contributed by atoms with van der Waals surface area (Å²) in [6.45, 7) is 5.96. The number of carbonyl (C=O) groups is 1. The SMILES string of the molecule is Cc1ccc(-n2ncc(C(C)NC(=O)CCc3ncc(-c4ccccc4F)o3)c2C)cc1. The summed E-state index contributed by atoms with van der Waals surface area (Å²) in [6.07, 6.45) is 3.81. The normalized spacial score (nSPS) is 12.0. The summed E-state index contributed by atoms with van der Waals surface area (Å²) in [5.74, 6) is 0.259. The van der Waals surface area contributed by atoms with Gasteiger partial charge < -0.3 is 9.73 Å². The van der Waals surface area contributed by atoms with E-state index in [9.17, 15) is 9.18 Å². The first-order valence-corrected chi connectivity index (χ1v) is 10.5. The van der Waals surface area contributed by atoms with Gasteiger partial charge in [0.1, 0.15) is 5.82 Å². The molecule has 0 spiro atoms. The summed E-state index contributed by atoms with van der Waals surface area (Å²) < 4.78 is 21.4. The van der Waals surface area contributed by atoms with Gasteiger partial charge in [0.05, 0.1) is 29.7 Å². The van der Waals surface area contributed by atoms with E-state index in [2.05, 4.69) is 15.4 Å². The second-order valence-corrected chi connectivity index (χ2v) is 7.82. The maximum Gasteiger partial charge on any atom is 0.220 e. The van der Waals surface area contributed by atoms with Crippen LogP contribution in [0.2, 0.25) is 0 Å². The highest BCUT2D eigenvalue weighted by atomic mass is 19.1. The van der Waals surface area contributed by atoms with Gasteiger partial charge in [-0.3, -0.25) is 4.79 Å². The Morgan fingerprint density at radius 3 is 2.62 bits per heavy atom. The second kappa shape index (κ2) is 9.18. The highest BCUT2D eigenvalue weighted by Gasteiger charge is 2.17. The minimum Gasteiger partial charge on any atom is -0.441 e. The summed E-state index contributed by atoms with van der Waals surface area (Å²) in [7, 11) is 0. The number of aromatic nitrogens is 3. The molecular formula is C25H25FN4O2. The standard InChI is InChI=1S/C25H25FN4O2/c1-16-8-10-19(11-9-16)30-18(3)21(14-28-30)17(2)29-24(31)12-13-25-27-15-23(32-25)20-6-4-5-7-22(20)26/h4-11,14-15,17H,12-13H2,1-3H3,(H,29,31). The number of rotatable bonds is 7. The zero-order valence-corrected chi connectivity index (χ0v) is 18.3. The lowest BCUT2D eigenvalue weighted by Gasteiger charge is -2.14. The van der Waals surface area contributed by atoms with Gasteiger partial charge in [-0.15, -0.1) is 0 Å². The maximum atomic E-state index is 13.9. The molecule has 2 aromatic carbocycles. The lowest BCUT2D eigenvalue weighted by molar-refractivity contribution is -0.121. The van der Waals surface area contributed by atoms with Crippen LogP contribution in [0.5, 0.6) is 0 Å². The fourth-order valence-corrected chi connectivity index (χ4v) is 3.62. The van der Waals surface area contributed by atoms with Gasteiger partial charge >= 0.3 is 0 Å². The van der Waals surface area contributed by atoms with Crippen LogP contribution in [0.15, 0.2) is 65.3 Å². The monoisotopic (exact) mass is 432 g/mol. The first-order chi connectivity index (χ1) is 15.4. The van der Waals surface area contributed by atoms with E-state index >= 15 is 0 Å². The molecule has 1 unspecified atom stereocenters. The molecule has 1 atom stereocenters. The van der Waals surface area contributed by atoms with Crippen molar-refractivity contribution >= 4 is 5.91 Å². The number of carbonyl (C=O) groups excluding carboxylic acids is 1. The first kappa shape index (κ1) is 21.5. The molecule has 0 aliphatic carbocycles. The van der Waals surface area contributed by atoms with E-state index in [0.29, 0.717) is 23.6 Å². The van der Waals surface area contributed by atoms with Gasteiger partial charge in [-0.25, -0.2) is 14.1 Å². The molecule has 0 radical (unpaired) electrons. The van der Waals surface area contributed by atoms with Crippen molar-refractivity contribution in [3.63, 3.8) is 0 Å². The number of nitrogens with zero attached hydrogens (tertiary/aromatic N) is 3. The summed E-state index contributed by atoms with van der Waals surface area (Å²) in [5.41, 5.74) is 4.45. The van der Waals surface area contributed by atoms with Crippen LogP contribution in [0.25, 0.3) is 17.0 Å². The van der Waals surface area contributed by atoms with Crippen molar-refractivity contribution < 1.29 is 13.6 Å². The van der Waals surface area contributed by atoms with Gasteiger partial charge in [-0.2, -0.15) is 5.10 Å². The molecule has 1 amide bonds. The summed E-state index contributed by atoms with van der Waals surface area (Å²) in [6, 6.07) is 14.3. The fraction of sp³-hybridized carbons (Fsp3) is 0.240. The number of amides is 1. The molecule has 1 N–H and O–H groups in total. The van der Waals surface area contributed by atoms with Crippen molar-refractivity contribution in [3.05, 3.63) is 89.5 Å². The number of oxazole rings is 1. The smallest absolute Gasteiger partial charge is 0.220 e. The van der Waals surface area contributed by atoms with E-state index in [1.807, 2.05) is 49.7 Å². The molecule has 4 aromatic rings. The highest BCUT2D eigenvalue weighted by Crippen LogP contribution is 2.24. The van der Waals surface area contributed by atoms with Crippen LogP contribution >= 0.6 is 0 Å². The van der Waals surface area contributed by atoms with Crippen molar-refractivity contribution in [2.24, 2.45) is 0 Å². The van der Waals surface area contributed by atoms with Crippen molar-refractivity contribution in [1.82, 2.24) is 20.1 Å². The third-order valence-corrected chi connectivity index (χ3v) is 5.43. The third kappa shape index (κ3) is 4.61. The molecule has 0 saturated carbocycles. The molecule has 32 heavy (non-hydrogen) atoms. The van der Waals surface area contributed by atoms with Gasteiger partial charge in [0.25, 0.3) is 0 Å². The number of nitrogens with one attached hydrogen (secondary N) is 1. The molecule has 7 heteroatoms. The molecule has 0 aliphatic rings. The third-order valence-electron chi connectivity index (χ3n) is 5.43. The van der Waals surface area contributed by atoms with Gasteiger partial charge in [0, 0.05) is 24.1 Å². The van der Waals surface area contributed by atoms with Gasteiger partial charge in [-0.05, 0) is 45.0 Å². The summed E-state index contributed by atoms with van der Waals surface area (Å²) >= 11 is 0. The molecule has 2 aromatic heterocycles. The Kier molecular flexibility index (Phi) is 6.16. The molecule has 0 aliphatic heterocycles. The minimum atomic E-state index is -0.372. The van der Waals surface area contributed by atoms with E-state index in [4.69, 9.17) is 4.42 Å². The molecule has 0 bridgehead atoms. The van der Waals surface area contributed by atoms with Crippen molar-refractivity contribution in [3.8, 4) is 17.0 Å². The van der Waals surface area contributed by atoms with Crippen LogP contribution < -0.4 is 5.32 Å². The zero-order valence-electron chi connectivity index (χ0n) is 18.3. The van der Waals surface area contributed by atoms with Gasteiger partial charge in [0.15, 0.2) is 11.7 Å². The zero-order chi connectivity index (χ0) is 22.7. The average Bonchev–Trinajstić information content (AvgIpc) is 3.40.